The molecule has 0 amide bonds. The topological polar surface area (TPSA) is 47.3 Å². The molecule has 0 spiro atoms. The first-order valence-electron chi connectivity index (χ1n) is 4.39. The van der Waals surface area contributed by atoms with Gasteiger partial charge in [-0.3, -0.25) is 0 Å². The lowest BCUT2D eigenvalue weighted by atomic mass is 10.1. The van der Waals surface area contributed by atoms with E-state index in [4.69, 9.17) is 10.5 Å². The van der Waals surface area contributed by atoms with Crippen LogP contribution in [-0.4, -0.2) is 31.8 Å². The van der Waals surface area contributed by atoms with Crippen LogP contribution in [0.2, 0.25) is 0 Å². The third-order valence-corrected chi connectivity index (χ3v) is 2.11. The van der Waals surface area contributed by atoms with Crippen molar-refractivity contribution in [3.63, 3.8) is 0 Å². The fraction of sp³-hybridized carbons (Fsp3) is 1.00. The Kier molecular flexibility index (Phi) is 3.83. The number of nitrogens with two attached hydrogens (primary N) is 1. The van der Waals surface area contributed by atoms with E-state index in [1.165, 1.54) is 0 Å². The van der Waals surface area contributed by atoms with Crippen molar-refractivity contribution >= 4 is 0 Å². The van der Waals surface area contributed by atoms with Crippen LogP contribution in [0, 0.1) is 0 Å². The van der Waals surface area contributed by atoms with Crippen LogP contribution in [0.1, 0.15) is 19.8 Å². The van der Waals surface area contributed by atoms with Crippen molar-refractivity contribution in [1.82, 2.24) is 5.32 Å². The molecule has 3 nitrogen and oxygen atoms in total. The molecule has 11 heavy (non-hydrogen) atoms. The summed E-state index contributed by atoms with van der Waals surface area (Å²) in [5, 5.41) is 3.38. The van der Waals surface area contributed by atoms with Crippen LogP contribution in [0.4, 0.5) is 0 Å². The maximum Gasteiger partial charge on any atom is 0.0620 e. The maximum absolute atomic E-state index is 5.81. The molecule has 1 aliphatic heterocycles. The Hall–Kier alpha value is -0.120. The van der Waals surface area contributed by atoms with Gasteiger partial charge < -0.3 is 15.8 Å². The molecular formula is C8H18N2O. The molecule has 1 saturated heterocycles. The van der Waals surface area contributed by atoms with Gasteiger partial charge >= 0.3 is 0 Å². The number of hydrogen-bond acceptors (Lipinski definition) is 3. The van der Waals surface area contributed by atoms with Gasteiger partial charge in [0.05, 0.1) is 13.2 Å². The molecule has 3 N–H and O–H groups in total. The van der Waals surface area contributed by atoms with Gasteiger partial charge in [-0.1, -0.05) is 6.92 Å². The number of morpholine rings is 1. The molecule has 3 heteroatoms. The number of rotatable bonds is 3. The summed E-state index contributed by atoms with van der Waals surface area (Å²) in [6, 6.07) is 0.813. The second-order valence-corrected chi connectivity index (χ2v) is 3.13. The maximum atomic E-state index is 5.81. The van der Waals surface area contributed by atoms with E-state index in [2.05, 4.69) is 12.2 Å². The van der Waals surface area contributed by atoms with E-state index < -0.39 is 0 Å². The Balaban J connectivity index is 2.13. The lowest BCUT2D eigenvalue weighted by Crippen LogP contribution is -2.44. The van der Waals surface area contributed by atoms with E-state index in [0.29, 0.717) is 12.1 Å². The third kappa shape index (κ3) is 3.18. The second kappa shape index (κ2) is 4.70. The van der Waals surface area contributed by atoms with Crippen LogP contribution in [0.3, 0.4) is 0 Å². The predicted molar refractivity (Wildman–Crippen MR) is 45.5 cm³/mol. The van der Waals surface area contributed by atoms with Crippen molar-refractivity contribution in [2.45, 2.75) is 31.8 Å². The minimum Gasteiger partial charge on any atom is -0.379 e. The normalized spacial score (nSPS) is 28.4. The highest BCUT2D eigenvalue weighted by Crippen LogP contribution is 2.02. The minimum absolute atomic E-state index is 0.328. The third-order valence-electron chi connectivity index (χ3n) is 2.11. The van der Waals surface area contributed by atoms with Crippen LogP contribution in [0.25, 0.3) is 0 Å². The average molecular weight is 158 g/mol. The predicted octanol–water partition coefficient (Wildman–Crippen LogP) is 0.102. The van der Waals surface area contributed by atoms with Gasteiger partial charge in [0.2, 0.25) is 0 Å². The van der Waals surface area contributed by atoms with E-state index in [-0.39, 0.29) is 0 Å². The fourth-order valence-electron chi connectivity index (χ4n) is 1.30. The molecule has 1 aliphatic rings. The average Bonchev–Trinajstić information content (AvgIpc) is 2.06. The first-order valence-corrected chi connectivity index (χ1v) is 4.39. The molecular weight excluding hydrogens is 140 g/mol. The molecule has 0 radical (unpaired) electrons. The summed E-state index contributed by atoms with van der Waals surface area (Å²) in [5.74, 6) is 0. The van der Waals surface area contributed by atoms with Crippen molar-refractivity contribution in [2.24, 2.45) is 5.73 Å². The Morgan fingerprint density at radius 1 is 1.73 bits per heavy atom. The zero-order valence-electron chi connectivity index (χ0n) is 7.18. The first-order chi connectivity index (χ1) is 5.33. The highest BCUT2D eigenvalue weighted by atomic mass is 16.5. The summed E-state index contributed by atoms with van der Waals surface area (Å²) in [4.78, 5) is 0. The van der Waals surface area contributed by atoms with Crippen LogP contribution in [0.5, 0.6) is 0 Å². The monoisotopic (exact) mass is 158 g/mol. The summed E-state index contributed by atoms with van der Waals surface area (Å²) in [6.07, 6.45) is 2.09. The van der Waals surface area contributed by atoms with E-state index >= 15 is 0 Å². The van der Waals surface area contributed by atoms with Crippen molar-refractivity contribution in [3.8, 4) is 0 Å². The Morgan fingerprint density at radius 2 is 2.55 bits per heavy atom. The zero-order valence-corrected chi connectivity index (χ0v) is 7.18. The molecule has 1 rings (SSSR count). The quantitative estimate of drug-likeness (QED) is 0.612. The highest BCUT2D eigenvalue weighted by Gasteiger charge is 2.14. The molecule has 66 valence electrons. The summed E-state index contributed by atoms with van der Waals surface area (Å²) < 4.78 is 5.31. The summed E-state index contributed by atoms with van der Waals surface area (Å²) in [6.45, 7) is 4.76. The van der Waals surface area contributed by atoms with Crippen LogP contribution in [-0.2, 0) is 4.74 Å². The van der Waals surface area contributed by atoms with E-state index in [1.54, 1.807) is 0 Å². The van der Waals surface area contributed by atoms with Gasteiger partial charge in [0.1, 0.15) is 0 Å². The van der Waals surface area contributed by atoms with Gasteiger partial charge in [0, 0.05) is 18.6 Å². The minimum atomic E-state index is 0.328. The van der Waals surface area contributed by atoms with Crippen LogP contribution in [0.15, 0.2) is 0 Å². The molecule has 2 unspecified atom stereocenters. The Labute approximate surface area is 68.3 Å². The van der Waals surface area contributed by atoms with Crippen LogP contribution >= 0.6 is 0 Å². The highest BCUT2D eigenvalue weighted by molar-refractivity contribution is 4.74. The Bertz CT molecular complexity index is 102. The van der Waals surface area contributed by atoms with E-state index in [9.17, 15) is 0 Å². The largest absolute Gasteiger partial charge is 0.379 e. The molecule has 0 aromatic carbocycles. The SMILES string of the molecule is CCC(N)CC1COCCN1. The summed E-state index contributed by atoms with van der Waals surface area (Å²) >= 11 is 0. The lowest BCUT2D eigenvalue weighted by molar-refractivity contribution is 0.0719. The molecule has 0 aromatic rings. The smallest absolute Gasteiger partial charge is 0.0620 e. The standard InChI is InChI=1S/C8H18N2O/c1-2-7(9)5-8-6-11-4-3-10-8/h7-8,10H,2-6,9H2,1H3. The van der Waals surface area contributed by atoms with Crippen LogP contribution < -0.4 is 11.1 Å². The molecule has 0 bridgehead atoms. The van der Waals surface area contributed by atoms with Gasteiger partial charge in [-0.2, -0.15) is 0 Å². The van der Waals surface area contributed by atoms with Crippen molar-refractivity contribution < 1.29 is 4.74 Å². The molecule has 2 atom stereocenters. The van der Waals surface area contributed by atoms with Gasteiger partial charge in [0.25, 0.3) is 0 Å². The number of hydrogen-bond donors (Lipinski definition) is 2. The van der Waals surface area contributed by atoms with Gasteiger partial charge in [0.15, 0.2) is 0 Å². The molecule has 0 saturated carbocycles. The van der Waals surface area contributed by atoms with Crippen molar-refractivity contribution in [3.05, 3.63) is 0 Å². The molecule has 0 aromatic heterocycles. The molecule has 1 fully saturated rings. The fourth-order valence-corrected chi connectivity index (χ4v) is 1.30. The zero-order chi connectivity index (χ0) is 8.10. The number of nitrogens with one attached hydrogen (secondary N) is 1. The lowest BCUT2D eigenvalue weighted by Gasteiger charge is -2.25. The van der Waals surface area contributed by atoms with Crippen molar-refractivity contribution in [2.75, 3.05) is 19.8 Å². The summed E-state index contributed by atoms with van der Waals surface area (Å²) in [5.41, 5.74) is 5.81. The van der Waals surface area contributed by atoms with Crippen molar-refractivity contribution in [1.29, 1.82) is 0 Å². The van der Waals surface area contributed by atoms with E-state index in [0.717, 1.165) is 32.6 Å². The van der Waals surface area contributed by atoms with E-state index in [1.807, 2.05) is 0 Å². The summed E-state index contributed by atoms with van der Waals surface area (Å²) in [7, 11) is 0. The second-order valence-electron chi connectivity index (χ2n) is 3.13. The molecule has 0 aliphatic carbocycles. The molecule has 1 heterocycles. The first kappa shape index (κ1) is 8.97. The van der Waals surface area contributed by atoms with Gasteiger partial charge in [-0.25, -0.2) is 0 Å². The number of ether oxygens (including phenoxy) is 1. The van der Waals surface area contributed by atoms with Gasteiger partial charge in [-0.15, -0.1) is 0 Å². The van der Waals surface area contributed by atoms with Gasteiger partial charge in [-0.05, 0) is 12.8 Å². The Morgan fingerprint density at radius 3 is 3.09 bits per heavy atom.